The summed E-state index contributed by atoms with van der Waals surface area (Å²) in [5.74, 6) is 1.79. The quantitative estimate of drug-likeness (QED) is 0.732. The van der Waals surface area contributed by atoms with Crippen LogP contribution in [0.2, 0.25) is 0 Å². The maximum absolute atomic E-state index is 9.41. The first kappa shape index (κ1) is 11.4. The Morgan fingerprint density at radius 1 is 1.29 bits per heavy atom. The molecule has 0 saturated carbocycles. The van der Waals surface area contributed by atoms with Crippen LogP contribution in [0.25, 0.3) is 0 Å². The van der Waals surface area contributed by atoms with E-state index in [-0.39, 0.29) is 0 Å². The van der Waals surface area contributed by atoms with Gasteiger partial charge in [0.2, 0.25) is 0 Å². The van der Waals surface area contributed by atoms with E-state index in [1.807, 2.05) is 12.1 Å². The van der Waals surface area contributed by atoms with Crippen LogP contribution in [0.5, 0.6) is 5.75 Å². The Morgan fingerprint density at radius 3 is 2.21 bits per heavy atom. The zero-order valence-corrected chi connectivity index (χ0v) is 9.94. The summed E-state index contributed by atoms with van der Waals surface area (Å²) in [7, 11) is 0. The fourth-order valence-electron chi connectivity index (χ4n) is 2.07. The van der Waals surface area contributed by atoms with E-state index >= 15 is 0 Å². The van der Waals surface area contributed by atoms with Crippen molar-refractivity contribution in [2.45, 2.75) is 33.1 Å². The van der Waals surface area contributed by atoms with Crippen LogP contribution >= 0.6 is 12.6 Å². The second-order valence-electron chi connectivity index (χ2n) is 3.91. The highest BCUT2D eigenvalue weighted by Gasteiger charge is 2.11. The predicted octanol–water partition coefficient (Wildman–Crippen LogP) is 3.43. The van der Waals surface area contributed by atoms with Gasteiger partial charge in [-0.2, -0.15) is 12.6 Å². The molecule has 1 atom stereocenters. The summed E-state index contributed by atoms with van der Waals surface area (Å²) in [6.45, 7) is 6.32. The Bertz CT molecular complexity index is 297. The zero-order valence-electron chi connectivity index (χ0n) is 9.04. The summed E-state index contributed by atoms with van der Waals surface area (Å²) >= 11 is 4.25. The molecule has 1 aromatic carbocycles. The van der Waals surface area contributed by atoms with Crippen LogP contribution in [0.15, 0.2) is 12.1 Å². The minimum Gasteiger partial charge on any atom is -0.508 e. The van der Waals surface area contributed by atoms with Gasteiger partial charge >= 0.3 is 0 Å². The molecule has 0 amide bonds. The normalized spacial score (nSPS) is 12.9. The van der Waals surface area contributed by atoms with Crippen LogP contribution in [-0.4, -0.2) is 10.9 Å². The van der Waals surface area contributed by atoms with Gasteiger partial charge in [-0.05, 0) is 60.8 Å². The molecule has 1 nitrogen and oxygen atoms in total. The topological polar surface area (TPSA) is 20.2 Å². The summed E-state index contributed by atoms with van der Waals surface area (Å²) in [4.78, 5) is 0. The lowest BCUT2D eigenvalue weighted by Gasteiger charge is -2.17. The molecule has 0 aromatic heterocycles. The van der Waals surface area contributed by atoms with E-state index in [1.54, 1.807) is 0 Å². The summed E-state index contributed by atoms with van der Waals surface area (Å²) in [6, 6.07) is 3.66. The highest BCUT2D eigenvalue weighted by atomic mass is 32.1. The number of phenols is 1. The van der Waals surface area contributed by atoms with Crippen molar-refractivity contribution >= 4 is 12.6 Å². The van der Waals surface area contributed by atoms with E-state index in [9.17, 15) is 5.11 Å². The number of aryl methyl sites for hydroxylation is 2. The van der Waals surface area contributed by atoms with Gasteiger partial charge in [-0.1, -0.05) is 6.92 Å². The molecule has 14 heavy (non-hydrogen) atoms. The third-order valence-corrected chi connectivity index (χ3v) is 2.89. The number of aromatic hydroxyl groups is 1. The average molecular weight is 210 g/mol. The first-order valence-electron chi connectivity index (χ1n) is 4.97. The van der Waals surface area contributed by atoms with Crippen molar-refractivity contribution in [1.82, 2.24) is 0 Å². The van der Waals surface area contributed by atoms with Gasteiger partial charge in [-0.3, -0.25) is 0 Å². The highest BCUT2D eigenvalue weighted by Crippen LogP contribution is 2.29. The molecule has 0 heterocycles. The van der Waals surface area contributed by atoms with Gasteiger partial charge in [0.15, 0.2) is 0 Å². The minimum atomic E-state index is 0.363. The van der Waals surface area contributed by atoms with Gasteiger partial charge in [0.05, 0.1) is 0 Å². The Balaban J connectivity index is 3.07. The monoisotopic (exact) mass is 210 g/mol. The van der Waals surface area contributed by atoms with Crippen LogP contribution in [0.3, 0.4) is 0 Å². The third-order valence-electron chi connectivity index (χ3n) is 2.63. The second kappa shape index (κ2) is 4.74. The van der Waals surface area contributed by atoms with E-state index in [0.29, 0.717) is 11.7 Å². The molecule has 0 radical (unpaired) electrons. The van der Waals surface area contributed by atoms with Crippen molar-refractivity contribution in [1.29, 1.82) is 0 Å². The lowest BCUT2D eigenvalue weighted by Crippen LogP contribution is -2.00. The van der Waals surface area contributed by atoms with E-state index in [2.05, 4.69) is 33.4 Å². The minimum absolute atomic E-state index is 0.363. The maximum atomic E-state index is 9.41. The lowest BCUT2D eigenvalue weighted by atomic mass is 9.90. The molecule has 1 N–H and O–H groups in total. The van der Waals surface area contributed by atoms with E-state index in [4.69, 9.17) is 0 Å². The number of rotatable bonds is 3. The molecule has 0 spiro atoms. The summed E-state index contributed by atoms with van der Waals surface area (Å²) in [5, 5.41) is 9.41. The van der Waals surface area contributed by atoms with Crippen LogP contribution < -0.4 is 0 Å². The molecule has 1 rings (SSSR count). The van der Waals surface area contributed by atoms with E-state index < -0.39 is 0 Å². The fourth-order valence-corrected chi connectivity index (χ4v) is 2.45. The lowest BCUT2D eigenvalue weighted by molar-refractivity contribution is 0.473. The molecular weight excluding hydrogens is 192 g/mol. The van der Waals surface area contributed by atoms with Gasteiger partial charge in [-0.15, -0.1) is 0 Å². The van der Waals surface area contributed by atoms with Gasteiger partial charge < -0.3 is 5.11 Å². The van der Waals surface area contributed by atoms with Crippen LogP contribution in [0, 0.1) is 13.8 Å². The number of hydrogen-bond donors (Lipinski definition) is 2. The molecule has 0 saturated heterocycles. The number of phenolic OH excluding ortho intramolecular Hbond substituents is 1. The third kappa shape index (κ3) is 2.44. The number of thiol groups is 1. The molecule has 0 fully saturated rings. The summed E-state index contributed by atoms with van der Waals surface area (Å²) in [5.41, 5.74) is 3.71. The van der Waals surface area contributed by atoms with E-state index in [1.165, 1.54) is 16.7 Å². The van der Waals surface area contributed by atoms with Crippen LogP contribution in [0.1, 0.15) is 36.0 Å². The zero-order chi connectivity index (χ0) is 10.7. The first-order valence-corrected chi connectivity index (χ1v) is 5.60. The molecule has 0 aliphatic carbocycles. The molecule has 1 aromatic rings. The SMILES string of the molecule is Cc1cc(O)cc(C)c1C(C)CCS. The number of benzene rings is 1. The van der Waals surface area contributed by atoms with Crippen LogP contribution in [-0.2, 0) is 0 Å². The summed E-state index contributed by atoms with van der Waals surface area (Å²) in [6.07, 6.45) is 1.08. The molecule has 0 aliphatic heterocycles. The Hall–Kier alpha value is -0.630. The average Bonchev–Trinajstić information content (AvgIpc) is 2.01. The predicted molar refractivity (Wildman–Crippen MR) is 64.5 cm³/mol. The Morgan fingerprint density at radius 2 is 1.79 bits per heavy atom. The molecule has 2 heteroatoms. The van der Waals surface area contributed by atoms with E-state index in [0.717, 1.165) is 12.2 Å². The van der Waals surface area contributed by atoms with Gasteiger partial charge in [-0.25, -0.2) is 0 Å². The van der Waals surface area contributed by atoms with Crippen molar-refractivity contribution < 1.29 is 5.11 Å². The first-order chi connectivity index (χ1) is 6.56. The fraction of sp³-hybridized carbons (Fsp3) is 0.500. The Kier molecular flexibility index (Phi) is 3.87. The van der Waals surface area contributed by atoms with Gasteiger partial charge in [0, 0.05) is 0 Å². The van der Waals surface area contributed by atoms with Crippen molar-refractivity contribution in [2.75, 3.05) is 5.75 Å². The number of hydrogen-bond acceptors (Lipinski definition) is 2. The molecule has 0 bridgehead atoms. The van der Waals surface area contributed by atoms with Gasteiger partial charge in [0.1, 0.15) is 5.75 Å². The Labute approximate surface area is 91.6 Å². The van der Waals surface area contributed by atoms with Crippen molar-refractivity contribution in [3.8, 4) is 5.75 Å². The van der Waals surface area contributed by atoms with Crippen molar-refractivity contribution in [2.24, 2.45) is 0 Å². The summed E-state index contributed by atoms with van der Waals surface area (Å²) < 4.78 is 0. The van der Waals surface area contributed by atoms with Gasteiger partial charge in [0.25, 0.3) is 0 Å². The molecule has 1 unspecified atom stereocenters. The van der Waals surface area contributed by atoms with Crippen LogP contribution in [0.4, 0.5) is 0 Å². The second-order valence-corrected chi connectivity index (χ2v) is 4.35. The smallest absolute Gasteiger partial charge is 0.116 e. The van der Waals surface area contributed by atoms with Crippen molar-refractivity contribution in [3.05, 3.63) is 28.8 Å². The maximum Gasteiger partial charge on any atom is 0.116 e. The van der Waals surface area contributed by atoms with Crippen molar-refractivity contribution in [3.63, 3.8) is 0 Å². The molecule has 0 aliphatic rings. The highest BCUT2D eigenvalue weighted by molar-refractivity contribution is 7.80. The molecular formula is C12H18OS. The largest absolute Gasteiger partial charge is 0.508 e. The standard InChI is InChI=1S/C12H18OS/c1-8(4-5-14)12-9(2)6-11(13)7-10(12)3/h6-8,13-14H,4-5H2,1-3H3. The molecule has 78 valence electrons.